The van der Waals surface area contributed by atoms with Crippen LogP contribution >= 0.6 is 0 Å². The average Bonchev–Trinajstić information content (AvgIpc) is 2.47. The zero-order valence-electron chi connectivity index (χ0n) is 13.5. The second-order valence-electron chi connectivity index (χ2n) is 5.02. The van der Waals surface area contributed by atoms with Crippen LogP contribution in [0.4, 0.5) is 0 Å². The maximum atomic E-state index is 11.8. The second-order valence-corrected chi connectivity index (χ2v) is 5.02. The Hall–Kier alpha value is -0.650. The first-order valence-corrected chi connectivity index (χ1v) is 7.59. The van der Waals surface area contributed by atoms with Gasteiger partial charge < -0.3 is 19.5 Å². The van der Waals surface area contributed by atoms with Gasteiger partial charge in [0, 0.05) is 13.2 Å². The summed E-state index contributed by atoms with van der Waals surface area (Å²) in [6.45, 7) is 9.49. The number of hydrogen-bond donors (Lipinski definition) is 1. The van der Waals surface area contributed by atoms with Crippen molar-refractivity contribution >= 4 is 5.97 Å². The lowest BCUT2D eigenvalue weighted by Crippen LogP contribution is -2.50. The van der Waals surface area contributed by atoms with E-state index < -0.39 is 5.54 Å². The molecule has 5 nitrogen and oxygen atoms in total. The quantitative estimate of drug-likeness (QED) is 0.416. The van der Waals surface area contributed by atoms with E-state index in [1.807, 2.05) is 13.8 Å². The fraction of sp³-hybridized carbons (Fsp3) is 0.933. The summed E-state index contributed by atoms with van der Waals surface area (Å²) >= 11 is 0. The van der Waals surface area contributed by atoms with Gasteiger partial charge in [-0.2, -0.15) is 0 Å². The van der Waals surface area contributed by atoms with Crippen LogP contribution in [-0.2, 0) is 19.0 Å². The molecule has 0 fully saturated rings. The minimum atomic E-state index is -0.587. The van der Waals surface area contributed by atoms with E-state index in [9.17, 15) is 4.79 Å². The van der Waals surface area contributed by atoms with Gasteiger partial charge in [-0.3, -0.25) is 4.79 Å². The van der Waals surface area contributed by atoms with Gasteiger partial charge in [0.05, 0.1) is 20.3 Å². The predicted octanol–water partition coefficient (Wildman–Crippen LogP) is 2.14. The van der Waals surface area contributed by atoms with Crippen molar-refractivity contribution in [3.05, 3.63) is 0 Å². The summed E-state index contributed by atoms with van der Waals surface area (Å²) in [5.41, 5.74) is -0.587. The van der Waals surface area contributed by atoms with Crippen LogP contribution in [0.1, 0.15) is 46.5 Å². The Bertz CT molecular complexity index is 248. The first kappa shape index (κ1) is 19.4. The summed E-state index contributed by atoms with van der Waals surface area (Å²) in [7, 11) is 1.44. The molecular weight excluding hydrogens is 258 g/mol. The monoisotopic (exact) mass is 289 g/mol. The van der Waals surface area contributed by atoms with Crippen molar-refractivity contribution in [2.45, 2.75) is 52.0 Å². The minimum Gasteiger partial charge on any atom is -0.468 e. The highest BCUT2D eigenvalue weighted by molar-refractivity contribution is 5.80. The van der Waals surface area contributed by atoms with E-state index in [0.717, 1.165) is 38.8 Å². The molecule has 1 N–H and O–H groups in total. The lowest BCUT2D eigenvalue weighted by Gasteiger charge is -2.28. The summed E-state index contributed by atoms with van der Waals surface area (Å²) < 4.78 is 15.5. The Morgan fingerprint density at radius 1 is 1.10 bits per heavy atom. The molecule has 0 aliphatic heterocycles. The van der Waals surface area contributed by atoms with Gasteiger partial charge in [-0.15, -0.1) is 0 Å². The number of rotatable bonds is 13. The van der Waals surface area contributed by atoms with Crippen LogP contribution in [0.5, 0.6) is 0 Å². The largest absolute Gasteiger partial charge is 0.468 e. The molecule has 0 spiro atoms. The van der Waals surface area contributed by atoms with E-state index in [-0.39, 0.29) is 5.97 Å². The van der Waals surface area contributed by atoms with Gasteiger partial charge >= 0.3 is 5.97 Å². The van der Waals surface area contributed by atoms with Gasteiger partial charge in [0.15, 0.2) is 0 Å². The van der Waals surface area contributed by atoms with Crippen LogP contribution < -0.4 is 5.32 Å². The molecule has 0 aromatic carbocycles. The first-order chi connectivity index (χ1) is 9.60. The molecule has 1 atom stereocenters. The number of carbonyl (C=O) groups excluding carboxylic acids is 1. The molecule has 1 unspecified atom stereocenters. The fourth-order valence-corrected chi connectivity index (χ4v) is 1.94. The van der Waals surface area contributed by atoms with Crippen molar-refractivity contribution < 1.29 is 19.0 Å². The fourth-order valence-electron chi connectivity index (χ4n) is 1.94. The van der Waals surface area contributed by atoms with Crippen molar-refractivity contribution in [3.63, 3.8) is 0 Å². The number of hydrogen-bond acceptors (Lipinski definition) is 5. The highest BCUT2D eigenvalue weighted by Gasteiger charge is 2.32. The van der Waals surface area contributed by atoms with Crippen molar-refractivity contribution in [3.8, 4) is 0 Å². The van der Waals surface area contributed by atoms with Crippen LogP contribution in [-0.4, -0.2) is 51.6 Å². The van der Waals surface area contributed by atoms with E-state index >= 15 is 0 Å². The molecule has 0 aromatic heterocycles. The summed E-state index contributed by atoms with van der Waals surface area (Å²) in [5.74, 6) is -0.191. The number of methoxy groups -OCH3 is 1. The topological polar surface area (TPSA) is 56.8 Å². The summed E-state index contributed by atoms with van der Waals surface area (Å²) in [6, 6.07) is 0. The molecule has 0 saturated heterocycles. The smallest absolute Gasteiger partial charge is 0.325 e. The SMILES string of the molecule is CCCNC(C)(CCCCOCCOCC)C(=O)OC. The second kappa shape index (κ2) is 12.1. The molecular formula is C15H31NO4. The van der Waals surface area contributed by atoms with Crippen molar-refractivity contribution in [2.75, 3.05) is 40.1 Å². The normalized spacial score (nSPS) is 14.0. The summed E-state index contributed by atoms with van der Waals surface area (Å²) in [6.07, 6.45) is 3.62. The Kier molecular flexibility index (Phi) is 11.7. The van der Waals surface area contributed by atoms with Gasteiger partial charge in [0.25, 0.3) is 0 Å². The third-order valence-corrected chi connectivity index (χ3v) is 3.19. The number of esters is 1. The Morgan fingerprint density at radius 2 is 1.80 bits per heavy atom. The van der Waals surface area contributed by atoms with E-state index in [2.05, 4.69) is 12.2 Å². The maximum absolute atomic E-state index is 11.8. The van der Waals surface area contributed by atoms with Crippen molar-refractivity contribution in [2.24, 2.45) is 0 Å². The molecule has 0 radical (unpaired) electrons. The minimum absolute atomic E-state index is 0.191. The molecule has 20 heavy (non-hydrogen) atoms. The molecule has 120 valence electrons. The Labute approximate surface area is 123 Å². The van der Waals surface area contributed by atoms with Gasteiger partial charge in [0.2, 0.25) is 0 Å². The third-order valence-electron chi connectivity index (χ3n) is 3.19. The molecule has 0 aliphatic rings. The van der Waals surface area contributed by atoms with E-state index in [0.29, 0.717) is 19.8 Å². The highest BCUT2D eigenvalue weighted by atomic mass is 16.5. The molecule has 0 aromatic rings. The van der Waals surface area contributed by atoms with Crippen molar-refractivity contribution in [1.29, 1.82) is 0 Å². The number of carbonyl (C=O) groups is 1. The molecule has 0 amide bonds. The van der Waals surface area contributed by atoms with Gasteiger partial charge in [0.1, 0.15) is 5.54 Å². The summed E-state index contributed by atoms with van der Waals surface area (Å²) in [4.78, 5) is 11.8. The average molecular weight is 289 g/mol. The molecule has 0 rings (SSSR count). The standard InChI is InChI=1S/C15H31NO4/c1-5-10-16-15(3,14(17)18-4)9-7-8-11-20-13-12-19-6-2/h16H,5-13H2,1-4H3. The Morgan fingerprint density at radius 3 is 2.40 bits per heavy atom. The number of unbranched alkanes of at least 4 members (excludes halogenated alkanes) is 1. The maximum Gasteiger partial charge on any atom is 0.325 e. The Balaban J connectivity index is 3.82. The zero-order chi connectivity index (χ0) is 15.3. The molecule has 0 heterocycles. The van der Waals surface area contributed by atoms with Crippen LogP contribution in [0.3, 0.4) is 0 Å². The molecule has 0 saturated carbocycles. The number of ether oxygens (including phenoxy) is 3. The molecule has 0 aliphatic carbocycles. The van der Waals surface area contributed by atoms with Gasteiger partial charge in [-0.05, 0) is 46.1 Å². The van der Waals surface area contributed by atoms with E-state index in [4.69, 9.17) is 14.2 Å². The predicted molar refractivity (Wildman–Crippen MR) is 79.9 cm³/mol. The molecule has 0 bridgehead atoms. The van der Waals surface area contributed by atoms with E-state index in [1.54, 1.807) is 0 Å². The van der Waals surface area contributed by atoms with Crippen LogP contribution in [0.15, 0.2) is 0 Å². The van der Waals surface area contributed by atoms with Gasteiger partial charge in [-0.1, -0.05) is 6.92 Å². The van der Waals surface area contributed by atoms with Crippen LogP contribution in [0.2, 0.25) is 0 Å². The molecule has 5 heteroatoms. The van der Waals surface area contributed by atoms with Crippen LogP contribution in [0, 0.1) is 0 Å². The summed E-state index contributed by atoms with van der Waals surface area (Å²) in [5, 5.41) is 3.28. The zero-order valence-corrected chi connectivity index (χ0v) is 13.5. The number of nitrogens with one attached hydrogen (secondary N) is 1. The lowest BCUT2D eigenvalue weighted by atomic mass is 9.94. The highest BCUT2D eigenvalue weighted by Crippen LogP contribution is 2.16. The van der Waals surface area contributed by atoms with Crippen molar-refractivity contribution in [1.82, 2.24) is 5.32 Å². The first-order valence-electron chi connectivity index (χ1n) is 7.59. The lowest BCUT2D eigenvalue weighted by molar-refractivity contribution is -0.148. The van der Waals surface area contributed by atoms with Gasteiger partial charge in [-0.25, -0.2) is 0 Å². The van der Waals surface area contributed by atoms with Crippen LogP contribution in [0.25, 0.3) is 0 Å². The van der Waals surface area contributed by atoms with E-state index in [1.165, 1.54) is 7.11 Å². The third kappa shape index (κ3) is 8.51.